The van der Waals surface area contributed by atoms with Crippen LogP contribution in [0, 0.1) is 16.2 Å². The van der Waals surface area contributed by atoms with Crippen LogP contribution < -0.4 is 5.32 Å². The molecule has 7 nitrogen and oxygen atoms in total. The average Bonchev–Trinajstić information content (AvgIpc) is 2.78. The molecule has 0 radical (unpaired) electrons. The van der Waals surface area contributed by atoms with E-state index in [1.54, 1.807) is 0 Å². The third-order valence-electron chi connectivity index (χ3n) is 8.08. The van der Waals surface area contributed by atoms with Gasteiger partial charge in [0, 0.05) is 5.54 Å². The highest BCUT2D eigenvalue weighted by Crippen LogP contribution is 2.71. The van der Waals surface area contributed by atoms with Gasteiger partial charge in [-0.05, 0) is 64.8 Å². The first-order valence-electron chi connectivity index (χ1n) is 13.0. The second-order valence-electron chi connectivity index (χ2n) is 10.9. The van der Waals surface area contributed by atoms with E-state index in [9.17, 15) is 14.4 Å². The van der Waals surface area contributed by atoms with Crippen molar-refractivity contribution in [1.29, 1.82) is 0 Å². The predicted molar refractivity (Wildman–Crippen MR) is 124 cm³/mol. The van der Waals surface area contributed by atoms with Crippen molar-refractivity contribution in [3.8, 4) is 0 Å². The van der Waals surface area contributed by atoms with Gasteiger partial charge in [-0.1, -0.05) is 40.0 Å². The Morgan fingerprint density at radius 2 is 0.909 bits per heavy atom. The summed E-state index contributed by atoms with van der Waals surface area (Å²) >= 11 is 0. The van der Waals surface area contributed by atoms with Gasteiger partial charge in [-0.3, -0.25) is 14.4 Å². The molecule has 0 saturated heterocycles. The Bertz CT molecular complexity index is 633. The smallest absolute Gasteiger partial charge is 0.312 e. The van der Waals surface area contributed by atoms with Gasteiger partial charge in [0.15, 0.2) is 0 Å². The van der Waals surface area contributed by atoms with E-state index < -0.39 is 21.8 Å². The lowest BCUT2D eigenvalue weighted by atomic mass is 9.37. The summed E-state index contributed by atoms with van der Waals surface area (Å²) in [6.07, 6.45) is 8.11. The highest BCUT2D eigenvalue weighted by Gasteiger charge is 2.75. The van der Waals surface area contributed by atoms with Crippen molar-refractivity contribution in [1.82, 2.24) is 5.32 Å². The number of carbonyl (C=O) groups excluding carboxylic acids is 3. The predicted octanol–water partition coefficient (Wildman–Crippen LogP) is 4.32. The molecule has 0 unspecified atom stereocenters. The molecule has 4 aliphatic carbocycles. The molecule has 4 fully saturated rings. The van der Waals surface area contributed by atoms with Crippen molar-refractivity contribution in [2.24, 2.45) is 16.2 Å². The Morgan fingerprint density at radius 3 is 1.15 bits per heavy atom. The van der Waals surface area contributed by atoms with Crippen LogP contribution in [0.25, 0.3) is 0 Å². The number of carbonyl (C=O) groups is 3. The van der Waals surface area contributed by atoms with E-state index in [1.165, 1.54) is 0 Å². The number of esters is 3. The molecular weight excluding hydrogens is 422 g/mol. The van der Waals surface area contributed by atoms with Crippen LogP contribution >= 0.6 is 0 Å². The van der Waals surface area contributed by atoms with Crippen LogP contribution in [0.2, 0.25) is 0 Å². The van der Waals surface area contributed by atoms with Crippen LogP contribution in [0.15, 0.2) is 0 Å². The number of hydrogen-bond donors (Lipinski definition) is 1. The highest BCUT2D eigenvalue weighted by atomic mass is 16.5. The maximum absolute atomic E-state index is 13.5. The number of ether oxygens (including phenoxy) is 3. The highest BCUT2D eigenvalue weighted by molar-refractivity contribution is 5.88. The fourth-order valence-electron chi connectivity index (χ4n) is 6.94. The van der Waals surface area contributed by atoms with Gasteiger partial charge in [0.05, 0.1) is 36.1 Å². The van der Waals surface area contributed by atoms with Crippen molar-refractivity contribution < 1.29 is 28.6 Å². The lowest BCUT2D eigenvalue weighted by molar-refractivity contribution is -0.222. The van der Waals surface area contributed by atoms with Crippen LogP contribution in [-0.2, 0) is 28.6 Å². The summed E-state index contributed by atoms with van der Waals surface area (Å²) in [5, 5.41) is 3.43. The molecule has 188 valence electrons. The summed E-state index contributed by atoms with van der Waals surface area (Å²) < 4.78 is 17.2. The molecule has 4 saturated carbocycles. The minimum absolute atomic E-state index is 0.272. The zero-order chi connectivity index (χ0) is 24.2. The van der Waals surface area contributed by atoms with Gasteiger partial charge >= 0.3 is 17.9 Å². The first kappa shape index (κ1) is 26.0. The van der Waals surface area contributed by atoms with E-state index in [4.69, 9.17) is 14.2 Å². The fourth-order valence-corrected chi connectivity index (χ4v) is 6.94. The molecule has 0 heterocycles. The van der Waals surface area contributed by atoms with Crippen LogP contribution in [-0.4, -0.2) is 50.3 Å². The van der Waals surface area contributed by atoms with Crippen molar-refractivity contribution in [2.75, 3.05) is 26.9 Å². The van der Waals surface area contributed by atoms with E-state index >= 15 is 0 Å². The Kier molecular flexibility index (Phi) is 8.13. The van der Waals surface area contributed by atoms with Gasteiger partial charge in [0.25, 0.3) is 0 Å². The molecule has 4 aliphatic rings. The fraction of sp³-hybridized carbons (Fsp3) is 0.885. The largest absolute Gasteiger partial charge is 0.465 e. The molecule has 1 N–H and O–H groups in total. The van der Waals surface area contributed by atoms with E-state index in [2.05, 4.69) is 26.1 Å². The Hall–Kier alpha value is -1.63. The lowest BCUT2D eigenvalue weighted by Crippen LogP contribution is -2.72. The number of hydrogen-bond acceptors (Lipinski definition) is 7. The van der Waals surface area contributed by atoms with Gasteiger partial charge in [-0.2, -0.15) is 0 Å². The molecule has 0 aliphatic heterocycles. The van der Waals surface area contributed by atoms with E-state index in [1.807, 2.05) is 7.05 Å². The van der Waals surface area contributed by atoms with Gasteiger partial charge in [0.1, 0.15) is 0 Å². The van der Waals surface area contributed by atoms with Crippen molar-refractivity contribution in [3.63, 3.8) is 0 Å². The first-order chi connectivity index (χ1) is 15.7. The molecular formula is C26H43NO6. The lowest BCUT2D eigenvalue weighted by Gasteiger charge is -2.67. The normalized spacial score (nSPS) is 34.2. The summed E-state index contributed by atoms with van der Waals surface area (Å²) in [7, 11) is 1.87. The van der Waals surface area contributed by atoms with Crippen molar-refractivity contribution in [3.05, 3.63) is 0 Å². The zero-order valence-corrected chi connectivity index (χ0v) is 21.1. The summed E-state index contributed by atoms with van der Waals surface area (Å²) in [5.74, 6) is -0.816. The topological polar surface area (TPSA) is 90.9 Å². The van der Waals surface area contributed by atoms with Crippen molar-refractivity contribution in [2.45, 2.75) is 103 Å². The van der Waals surface area contributed by atoms with Crippen LogP contribution in [0.4, 0.5) is 0 Å². The van der Waals surface area contributed by atoms with Crippen LogP contribution in [0.5, 0.6) is 0 Å². The number of unbranched alkanes of at least 4 members (excludes halogenated alkanes) is 3. The molecule has 0 atom stereocenters. The SMILES string of the molecule is CCCCOC(=O)C12CC3(NC)CC(C(=O)OCCCC)(C1)CC(C(=O)OCCCC)(C3)C2. The average molecular weight is 466 g/mol. The second kappa shape index (κ2) is 10.3. The Balaban J connectivity index is 1.98. The Morgan fingerprint density at radius 1 is 0.606 bits per heavy atom. The first-order valence-corrected chi connectivity index (χ1v) is 13.0. The third kappa shape index (κ3) is 4.94. The summed E-state index contributed by atoms with van der Waals surface area (Å²) in [6, 6.07) is 0. The third-order valence-corrected chi connectivity index (χ3v) is 8.08. The molecule has 0 aromatic carbocycles. The van der Waals surface area contributed by atoms with Crippen molar-refractivity contribution >= 4 is 17.9 Å². The molecule has 0 aromatic rings. The molecule has 0 spiro atoms. The molecule has 4 rings (SSSR count). The standard InChI is InChI=1S/C26H43NO6/c1-5-8-11-31-20(28)23-14-24(21(29)32-12-9-6-2)16-25(15-23,22(30)33-13-10-7-3)19-26(17-23,18-24)27-4/h27H,5-19H2,1-4H3. The van der Waals surface area contributed by atoms with Gasteiger partial charge < -0.3 is 19.5 Å². The second-order valence-corrected chi connectivity index (χ2v) is 10.9. The minimum Gasteiger partial charge on any atom is -0.465 e. The maximum atomic E-state index is 13.5. The number of rotatable bonds is 13. The van der Waals surface area contributed by atoms with Crippen LogP contribution in [0.1, 0.15) is 97.8 Å². The molecule has 0 amide bonds. The van der Waals surface area contributed by atoms with E-state index in [0.717, 1.165) is 38.5 Å². The number of nitrogens with one attached hydrogen (secondary N) is 1. The summed E-state index contributed by atoms with van der Waals surface area (Å²) in [4.78, 5) is 40.6. The maximum Gasteiger partial charge on any atom is 0.312 e. The monoisotopic (exact) mass is 465 g/mol. The van der Waals surface area contributed by atoms with Gasteiger partial charge in [-0.15, -0.1) is 0 Å². The van der Waals surface area contributed by atoms with Crippen LogP contribution in [0.3, 0.4) is 0 Å². The molecule has 7 heteroatoms. The molecule has 0 aromatic heterocycles. The molecule has 4 bridgehead atoms. The molecule has 33 heavy (non-hydrogen) atoms. The quantitative estimate of drug-likeness (QED) is 0.246. The van der Waals surface area contributed by atoms with E-state index in [0.29, 0.717) is 58.3 Å². The van der Waals surface area contributed by atoms with Gasteiger partial charge in [-0.25, -0.2) is 0 Å². The zero-order valence-electron chi connectivity index (χ0n) is 21.1. The summed E-state index contributed by atoms with van der Waals surface area (Å²) in [6.45, 7) is 7.26. The Labute approximate surface area is 198 Å². The summed E-state index contributed by atoms with van der Waals surface area (Å²) in [5.41, 5.74) is -3.12. The van der Waals surface area contributed by atoms with E-state index in [-0.39, 0.29) is 17.9 Å². The minimum atomic E-state index is -0.876. The van der Waals surface area contributed by atoms with Gasteiger partial charge in [0.2, 0.25) is 0 Å².